The highest BCUT2D eigenvalue weighted by Gasteiger charge is 2.51. The average molecular weight is 689 g/mol. The number of carbonyl (C=O) groups excluding carboxylic acids is 3. The first-order valence-corrected chi connectivity index (χ1v) is 16.8. The summed E-state index contributed by atoms with van der Waals surface area (Å²) in [7, 11) is 0. The van der Waals surface area contributed by atoms with Gasteiger partial charge in [0.1, 0.15) is 36.6 Å². The summed E-state index contributed by atoms with van der Waals surface area (Å²) in [6, 6.07) is 22.8. The van der Waals surface area contributed by atoms with Gasteiger partial charge in [0.05, 0.1) is 12.7 Å². The minimum Gasteiger partial charge on any atom is -0.458 e. The van der Waals surface area contributed by atoms with Crippen LogP contribution in [0.3, 0.4) is 0 Å². The molecule has 2 heterocycles. The number of benzene rings is 3. The van der Waals surface area contributed by atoms with E-state index in [4.69, 9.17) is 28.4 Å². The van der Waals surface area contributed by atoms with Crippen LogP contribution >= 0.6 is 0 Å². The third-order valence-corrected chi connectivity index (χ3v) is 8.90. The highest BCUT2D eigenvalue weighted by atomic mass is 16.7. The monoisotopic (exact) mass is 688 g/mol. The van der Waals surface area contributed by atoms with Gasteiger partial charge in [0.15, 0.2) is 18.6 Å². The Morgan fingerprint density at radius 1 is 0.920 bits per heavy atom. The summed E-state index contributed by atoms with van der Waals surface area (Å²) in [5.74, 6) is -1.39. The van der Waals surface area contributed by atoms with E-state index in [9.17, 15) is 19.5 Å². The van der Waals surface area contributed by atoms with Crippen molar-refractivity contribution in [2.75, 3.05) is 13.2 Å². The van der Waals surface area contributed by atoms with Gasteiger partial charge in [-0.05, 0) is 49.9 Å². The number of fused-ring (bicyclic) bond motifs is 4. The molecule has 8 atom stereocenters. The van der Waals surface area contributed by atoms with Crippen LogP contribution in [0.1, 0.15) is 63.5 Å². The molecule has 50 heavy (non-hydrogen) atoms. The number of alkyl carbamates (subject to hydrolysis) is 1. The molecule has 3 aromatic rings. The number of hydrogen-bond acceptors (Lipinski definition) is 10. The molecule has 3 N–H and O–H groups in total. The molecule has 1 aliphatic carbocycles. The zero-order valence-corrected chi connectivity index (χ0v) is 28.7. The maximum Gasteiger partial charge on any atom is 0.407 e. The van der Waals surface area contributed by atoms with E-state index in [0.717, 1.165) is 27.8 Å². The molecular weight excluding hydrogens is 644 g/mol. The Labute approximate surface area is 291 Å². The van der Waals surface area contributed by atoms with Gasteiger partial charge >= 0.3 is 12.1 Å². The third kappa shape index (κ3) is 7.85. The fourth-order valence-corrected chi connectivity index (χ4v) is 6.67. The molecule has 12 nitrogen and oxygen atoms in total. The normalized spacial score (nSPS) is 25.6. The summed E-state index contributed by atoms with van der Waals surface area (Å²) in [6.45, 7) is 8.09. The number of esters is 1. The Balaban J connectivity index is 1.16. The molecule has 2 aliphatic heterocycles. The summed E-state index contributed by atoms with van der Waals surface area (Å²) >= 11 is 0. The lowest BCUT2D eigenvalue weighted by atomic mass is 9.95. The smallest absolute Gasteiger partial charge is 0.407 e. The molecule has 3 aromatic carbocycles. The van der Waals surface area contributed by atoms with E-state index in [1.165, 1.54) is 6.92 Å². The van der Waals surface area contributed by atoms with E-state index in [1.807, 2.05) is 78.9 Å². The Kier molecular flexibility index (Phi) is 10.6. The lowest BCUT2D eigenvalue weighted by Crippen LogP contribution is -2.67. The van der Waals surface area contributed by atoms with Gasteiger partial charge in [-0.25, -0.2) is 9.59 Å². The van der Waals surface area contributed by atoms with Gasteiger partial charge < -0.3 is 44.2 Å². The summed E-state index contributed by atoms with van der Waals surface area (Å²) in [5.41, 5.74) is 4.14. The van der Waals surface area contributed by atoms with E-state index >= 15 is 0 Å². The molecule has 0 saturated carbocycles. The number of rotatable bonds is 9. The van der Waals surface area contributed by atoms with Crippen LogP contribution in [0.5, 0.6) is 0 Å². The molecular formula is C38H44N2O10. The number of carbonyl (C=O) groups is 3. The molecule has 0 spiro atoms. The fraction of sp³-hybridized carbons (Fsp3) is 0.447. The van der Waals surface area contributed by atoms with Gasteiger partial charge in [-0.2, -0.15) is 0 Å². The van der Waals surface area contributed by atoms with E-state index < -0.39 is 72.7 Å². The van der Waals surface area contributed by atoms with Gasteiger partial charge in [-0.15, -0.1) is 0 Å². The molecule has 2 saturated heterocycles. The molecule has 0 bridgehead atoms. The fourth-order valence-electron chi connectivity index (χ4n) is 6.67. The van der Waals surface area contributed by atoms with E-state index in [2.05, 4.69) is 10.6 Å². The molecule has 6 rings (SSSR count). The Morgan fingerprint density at radius 3 is 2.16 bits per heavy atom. The standard InChI is InChI=1S/C38H44N2O10/c1-21(47-36-31(39-22(2)41)32(42)33-29(48-36)20-45-35(49-33)23-13-7-6-8-14-23)30(34(43)50-38(3,4)5)40-37(44)46-19-28-26-17-11-9-15-24(26)25-16-10-12-18-27(25)28/h6-18,21,28-33,35-36,42H,19-20H2,1-5H3,(H,39,41)(H,40,44)/t21?,29?,30-,31?,32?,33-,35?,36-/m0/s1. The molecule has 2 fully saturated rings. The number of aliphatic hydroxyl groups excluding tert-OH is 1. The van der Waals surface area contributed by atoms with Crippen LogP contribution < -0.4 is 10.6 Å². The van der Waals surface area contributed by atoms with E-state index in [1.54, 1.807) is 27.7 Å². The zero-order chi connectivity index (χ0) is 35.6. The van der Waals surface area contributed by atoms with Crippen LogP contribution in [-0.2, 0) is 38.0 Å². The van der Waals surface area contributed by atoms with Gasteiger partial charge in [-0.1, -0.05) is 78.9 Å². The van der Waals surface area contributed by atoms with E-state index in [-0.39, 0.29) is 19.1 Å². The van der Waals surface area contributed by atoms with Crippen molar-refractivity contribution in [3.05, 3.63) is 95.6 Å². The van der Waals surface area contributed by atoms with Crippen molar-refractivity contribution in [2.45, 2.75) is 95.2 Å². The zero-order valence-electron chi connectivity index (χ0n) is 28.7. The molecule has 3 aliphatic rings. The second-order valence-corrected chi connectivity index (χ2v) is 13.8. The largest absolute Gasteiger partial charge is 0.458 e. The van der Waals surface area contributed by atoms with Crippen LogP contribution in [0.15, 0.2) is 78.9 Å². The maximum atomic E-state index is 13.5. The Bertz CT molecular complexity index is 1630. The molecule has 12 heteroatoms. The van der Waals surface area contributed by atoms with Gasteiger partial charge in [0.2, 0.25) is 5.91 Å². The number of nitrogens with one attached hydrogen (secondary N) is 2. The molecule has 0 aromatic heterocycles. The Hall–Kier alpha value is -4.33. The van der Waals surface area contributed by atoms with Crippen molar-refractivity contribution in [1.29, 1.82) is 0 Å². The quantitative estimate of drug-likeness (QED) is 0.277. The molecule has 2 amide bonds. The van der Waals surface area contributed by atoms with Gasteiger partial charge in [0.25, 0.3) is 0 Å². The Morgan fingerprint density at radius 2 is 1.54 bits per heavy atom. The predicted molar refractivity (Wildman–Crippen MR) is 181 cm³/mol. The SMILES string of the molecule is CC(=O)NC1C(O)[C@H]2OC(c3ccccc3)OCC2O[C@@H]1OC(C)[C@H](NC(=O)OCC1c2ccccc2-c2ccccc21)C(=O)OC(C)(C)C. The van der Waals surface area contributed by atoms with Gasteiger partial charge in [0, 0.05) is 18.4 Å². The predicted octanol–water partition coefficient (Wildman–Crippen LogP) is 4.35. The van der Waals surface area contributed by atoms with Crippen LogP contribution in [0.4, 0.5) is 4.79 Å². The summed E-state index contributed by atoms with van der Waals surface area (Å²) in [5, 5.41) is 16.8. The van der Waals surface area contributed by atoms with Crippen molar-refractivity contribution in [3.8, 4) is 11.1 Å². The number of aliphatic hydroxyl groups is 1. The van der Waals surface area contributed by atoms with Crippen LogP contribution in [0, 0.1) is 0 Å². The van der Waals surface area contributed by atoms with Crippen LogP contribution in [0.2, 0.25) is 0 Å². The minimum atomic E-state index is -1.34. The lowest BCUT2D eigenvalue weighted by molar-refractivity contribution is -0.348. The minimum absolute atomic E-state index is 0.0334. The first kappa shape index (κ1) is 35.5. The van der Waals surface area contributed by atoms with Gasteiger partial charge in [-0.3, -0.25) is 4.79 Å². The molecule has 266 valence electrons. The summed E-state index contributed by atoms with van der Waals surface area (Å²) in [4.78, 5) is 39.1. The number of hydrogen-bond donors (Lipinski definition) is 3. The highest BCUT2D eigenvalue weighted by molar-refractivity contribution is 5.83. The third-order valence-electron chi connectivity index (χ3n) is 8.90. The first-order valence-electron chi connectivity index (χ1n) is 16.8. The van der Waals surface area contributed by atoms with Crippen LogP contribution in [0.25, 0.3) is 11.1 Å². The summed E-state index contributed by atoms with van der Waals surface area (Å²) in [6.07, 6.45) is -6.80. The van der Waals surface area contributed by atoms with Crippen molar-refractivity contribution in [3.63, 3.8) is 0 Å². The topological polar surface area (TPSA) is 151 Å². The van der Waals surface area contributed by atoms with E-state index in [0.29, 0.717) is 0 Å². The first-order chi connectivity index (χ1) is 23.9. The second-order valence-electron chi connectivity index (χ2n) is 13.8. The molecule has 5 unspecified atom stereocenters. The highest BCUT2D eigenvalue weighted by Crippen LogP contribution is 2.44. The average Bonchev–Trinajstić information content (AvgIpc) is 3.40. The van der Waals surface area contributed by atoms with Crippen molar-refractivity contribution < 1.29 is 47.9 Å². The lowest BCUT2D eigenvalue weighted by Gasteiger charge is -2.48. The van der Waals surface area contributed by atoms with Crippen molar-refractivity contribution in [2.24, 2.45) is 0 Å². The van der Waals surface area contributed by atoms with Crippen molar-refractivity contribution in [1.82, 2.24) is 10.6 Å². The number of amides is 2. The van der Waals surface area contributed by atoms with Crippen molar-refractivity contribution >= 4 is 18.0 Å². The maximum absolute atomic E-state index is 13.5. The van der Waals surface area contributed by atoms with Crippen LogP contribution in [-0.4, -0.2) is 84.7 Å². The molecule has 0 radical (unpaired) electrons. The number of ether oxygens (including phenoxy) is 6. The summed E-state index contributed by atoms with van der Waals surface area (Å²) < 4.78 is 35.8. The second kappa shape index (κ2) is 14.9.